The van der Waals surface area contributed by atoms with Crippen molar-refractivity contribution >= 4 is 96.1 Å². The van der Waals surface area contributed by atoms with Crippen LogP contribution in [0.3, 0.4) is 0 Å². The topological polar surface area (TPSA) is 0 Å². The molecule has 0 spiro atoms. The van der Waals surface area contributed by atoms with Crippen LogP contribution in [0.15, 0.2) is 194 Å². The van der Waals surface area contributed by atoms with Gasteiger partial charge in [0, 0.05) is 25.6 Å². The number of rotatable bonds is 3. The summed E-state index contributed by atoms with van der Waals surface area (Å²) in [5.41, 5.74) is 7.57. The highest BCUT2D eigenvalue weighted by Gasteiger charge is 2.19. The van der Waals surface area contributed by atoms with Gasteiger partial charge >= 0.3 is 0 Å². The van der Waals surface area contributed by atoms with Crippen LogP contribution in [0.2, 0.25) is 0 Å². The van der Waals surface area contributed by atoms with E-state index in [1.807, 2.05) is 11.3 Å². The highest BCUT2D eigenvalue weighted by atomic mass is 32.1. The molecule has 0 saturated carbocycles. The average Bonchev–Trinajstić information content (AvgIpc) is 3.63. The second kappa shape index (κ2) is 11.9. The van der Waals surface area contributed by atoms with Gasteiger partial charge in [-0.25, -0.2) is 0 Å². The molecule has 0 aliphatic rings. The Balaban J connectivity index is 1.09. The second-order valence-electron chi connectivity index (χ2n) is 14.7. The van der Waals surface area contributed by atoms with Crippen molar-refractivity contribution in [2.45, 2.75) is 0 Å². The summed E-state index contributed by atoms with van der Waals surface area (Å²) in [6, 6.07) is 72.1. The fraction of sp³-hybridized carbons (Fsp3) is 0. The molecular formula is C54H32S. The van der Waals surface area contributed by atoms with Gasteiger partial charge in [-0.1, -0.05) is 176 Å². The molecule has 0 radical (unpaired) electrons. The van der Waals surface area contributed by atoms with Gasteiger partial charge in [0.1, 0.15) is 0 Å². The molecule has 1 aromatic heterocycles. The van der Waals surface area contributed by atoms with Gasteiger partial charge in [-0.2, -0.15) is 0 Å². The van der Waals surface area contributed by atoms with Crippen LogP contribution in [-0.2, 0) is 0 Å². The third-order valence-corrected chi connectivity index (χ3v) is 13.0. The molecule has 0 nitrogen and oxygen atoms in total. The van der Waals surface area contributed by atoms with Crippen LogP contribution in [-0.4, -0.2) is 0 Å². The van der Waals surface area contributed by atoms with Gasteiger partial charge in [0.05, 0.1) is 0 Å². The van der Waals surface area contributed by atoms with Crippen LogP contribution in [0.25, 0.3) is 118 Å². The van der Waals surface area contributed by atoms with Gasteiger partial charge in [-0.15, -0.1) is 11.3 Å². The van der Waals surface area contributed by atoms with Gasteiger partial charge in [-0.3, -0.25) is 0 Å². The monoisotopic (exact) mass is 712 g/mol. The maximum Gasteiger partial charge on any atom is 0.0440 e. The van der Waals surface area contributed by atoms with Gasteiger partial charge in [0.2, 0.25) is 0 Å². The molecule has 11 aromatic carbocycles. The summed E-state index contributed by atoms with van der Waals surface area (Å²) < 4.78 is 2.70. The van der Waals surface area contributed by atoms with Crippen LogP contribution in [0.1, 0.15) is 0 Å². The highest BCUT2D eigenvalue weighted by molar-refractivity contribution is 7.27. The van der Waals surface area contributed by atoms with E-state index in [4.69, 9.17) is 0 Å². The lowest BCUT2D eigenvalue weighted by Crippen LogP contribution is -1.92. The zero-order valence-corrected chi connectivity index (χ0v) is 30.7. The number of thiophene rings is 1. The molecule has 1 heteroatoms. The standard InChI is InChI=1S/C54H32S/c1-2-19-37-33(14-1)15-12-29-41(37)52-45-25-8-6-23-43(45)51(44-24-7-9-26-46(44)52)36-18-11-16-34(30-36)38-28-13-17-35-31-49-50(32-48(35)38)55-54-47-27-10-4-21-40(47)39-20-3-5-22-42(39)53(49)54/h1-32H. The minimum Gasteiger partial charge on any atom is -0.134 e. The molecule has 0 aliphatic heterocycles. The van der Waals surface area contributed by atoms with Crippen LogP contribution >= 0.6 is 11.3 Å². The number of fused-ring (bicyclic) bond motifs is 12. The first-order valence-corrected chi connectivity index (χ1v) is 19.8. The smallest absolute Gasteiger partial charge is 0.0440 e. The van der Waals surface area contributed by atoms with Crippen molar-refractivity contribution in [2.24, 2.45) is 0 Å². The summed E-state index contributed by atoms with van der Waals surface area (Å²) in [5, 5.41) is 18.2. The third kappa shape index (κ3) is 4.51. The Bertz CT molecular complexity index is 3490. The Morgan fingerprint density at radius 1 is 0.273 bits per heavy atom. The minimum atomic E-state index is 1.23. The number of benzene rings is 11. The van der Waals surface area contributed by atoms with E-state index in [-0.39, 0.29) is 0 Å². The molecule has 0 unspecified atom stereocenters. The van der Waals surface area contributed by atoms with Crippen LogP contribution in [0, 0.1) is 0 Å². The van der Waals surface area contributed by atoms with E-state index in [1.54, 1.807) is 0 Å². The first-order chi connectivity index (χ1) is 27.3. The van der Waals surface area contributed by atoms with Crippen LogP contribution in [0.4, 0.5) is 0 Å². The predicted octanol–water partition coefficient (Wildman–Crippen LogP) is 16.0. The lowest BCUT2D eigenvalue weighted by atomic mass is 9.84. The predicted molar refractivity (Wildman–Crippen MR) is 241 cm³/mol. The molecule has 0 aliphatic carbocycles. The first-order valence-electron chi connectivity index (χ1n) is 19.0. The van der Waals surface area contributed by atoms with Crippen molar-refractivity contribution in [2.75, 3.05) is 0 Å². The molecule has 1 heterocycles. The molecule has 0 amide bonds. The summed E-state index contributed by atoms with van der Waals surface area (Å²) in [6.07, 6.45) is 0. The summed E-state index contributed by atoms with van der Waals surface area (Å²) in [7, 11) is 0. The molecule has 254 valence electrons. The van der Waals surface area contributed by atoms with E-state index in [0.717, 1.165) is 0 Å². The van der Waals surface area contributed by atoms with Crippen molar-refractivity contribution in [3.63, 3.8) is 0 Å². The molecule has 55 heavy (non-hydrogen) atoms. The van der Waals surface area contributed by atoms with E-state index in [2.05, 4.69) is 194 Å². The molecule has 0 bridgehead atoms. The summed E-state index contributed by atoms with van der Waals surface area (Å²) in [5.74, 6) is 0. The maximum atomic E-state index is 2.45. The fourth-order valence-electron chi connectivity index (χ4n) is 9.44. The Labute approximate surface area is 322 Å². The second-order valence-corrected chi connectivity index (χ2v) is 15.8. The Morgan fingerprint density at radius 2 is 0.782 bits per heavy atom. The lowest BCUT2D eigenvalue weighted by Gasteiger charge is -2.19. The Morgan fingerprint density at radius 3 is 1.51 bits per heavy atom. The summed E-state index contributed by atoms with van der Waals surface area (Å²) in [6.45, 7) is 0. The molecule has 0 N–H and O–H groups in total. The van der Waals surface area contributed by atoms with E-state index in [1.165, 1.54) is 118 Å². The van der Waals surface area contributed by atoms with Gasteiger partial charge in [0.15, 0.2) is 0 Å². The van der Waals surface area contributed by atoms with E-state index in [9.17, 15) is 0 Å². The normalized spacial score (nSPS) is 12.0. The minimum absolute atomic E-state index is 1.23. The SMILES string of the molecule is c1cc(-c2cccc3cc4c(cc23)sc2c3ccccc3c3ccccc3c42)cc(-c2c3ccccc3c(-c3cccc4ccccc34)c3ccccc23)c1. The summed E-state index contributed by atoms with van der Waals surface area (Å²) in [4.78, 5) is 0. The maximum absolute atomic E-state index is 2.45. The quantitative estimate of drug-likeness (QED) is 0.126. The Kier molecular flexibility index (Phi) is 6.60. The zero-order valence-electron chi connectivity index (χ0n) is 29.9. The molecule has 0 fully saturated rings. The molecule has 0 atom stereocenters. The van der Waals surface area contributed by atoms with Crippen LogP contribution < -0.4 is 0 Å². The number of hydrogen-bond donors (Lipinski definition) is 0. The molecule has 12 aromatic rings. The highest BCUT2D eigenvalue weighted by Crippen LogP contribution is 2.48. The lowest BCUT2D eigenvalue weighted by molar-refractivity contribution is 1.64. The molecule has 0 saturated heterocycles. The average molecular weight is 713 g/mol. The Hall–Kier alpha value is -6.80. The number of hydrogen-bond acceptors (Lipinski definition) is 1. The van der Waals surface area contributed by atoms with Crippen LogP contribution in [0.5, 0.6) is 0 Å². The molecular weight excluding hydrogens is 681 g/mol. The van der Waals surface area contributed by atoms with Crippen molar-refractivity contribution < 1.29 is 0 Å². The van der Waals surface area contributed by atoms with E-state index < -0.39 is 0 Å². The summed E-state index contributed by atoms with van der Waals surface area (Å²) >= 11 is 1.93. The van der Waals surface area contributed by atoms with Crippen molar-refractivity contribution in [1.82, 2.24) is 0 Å². The molecule has 12 rings (SSSR count). The largest absolute Gasteiger partial charge is 0.134 e. The van der Waals surface area contributed by atoms with E-state index >= 15 is 0 Å². The fourth-order valence-corrected chi connectivity index (χ4v) is 10.7. The van der Waals surface area contributed by atoms with Crippen molar-refractivity contribution in [3.05, 3.63) is 194 Å². The van der Waals surface area contributed by atoms with Crippen molar-refractivity contribution in [3.8, 4) is 33.4 Å². The van der Waals surface area contributed by atoms with Crippen molar-refractivity contribution in [1.29, 1.82) is 0 Å². The van der Waals surface area contributed by atoms with Gasteiger partial charge in [-0.05, 0) is 111 Å². The zero-order chi connectivity index (χ0) is 36.0. The van der Waals surface area contributed by atoms with Gasteiger partial charge < -0.3 is 0 Å². The third-order valence-electron chi connectivity index (χ3n) is 11.8. The van der Waals surface area contributed by atoms with E-state index in [0.29, 0.717) is 0 Å². The first kappa shape index (κ1) is 30.6. The van der Waals surface area contributed by atoms with Gasteiger partial charge in [0.25, 0.3) is 0 Å².